The number of ether oxygens (including phenoxy) is 1. The highest BCUT2D eigenvalue weighted by atomic mass is 16.5. The molecule has 0 saturated carbocycles. The molecule has 0 saturated heterocycles. The van der Waals surface area contributed by atoms with Gasteiger partial charge in [-0.05, 0) is 6.42 Å². The molecule has 2 amide bonds. The van der Waals surface area contributed by atoms with Crippen molar-refractivity contribution in [3.05, 3.63) is 0 Å². The second-order valence-corrected chi connectivity index (χ2v) is 8.64. The van der Waals surface area contributed by atoms with Crippen LogP contribution in [-0.2, 0) is 9.53 Å². The summed E-state index contributed by atoms with van der Waals surface area (Å²) in [7, 11) is 0. The molecule has 10 nitrogen and oxygen atoms in total. The summed E-state index contributed by atoms with van der Waals surface area (Å²) in [6.45, 7) is 1.06. The molecule has 0 aliphatic rings. The van der Waals surface area contributed by atoms with E-state index in [0.717, 1.165) is 12.8 Å². The Balaban J connectivity index is -0.000000854. The Hall–Kier alpha value is -1.46. The standard InChI is InChI=1S/C21H42O4.C3H8O3.CH4N2O/c1-2-3-4-5-6-7-8-9-10-11-12-13-14-15-16-17-21(24)25-19-20(23)18-22;4-1-3(6)2-5;2-1(3)4/h20,22-23H,2-19H2,1H3;3-6H,1-2H2;(H4,2,3,4). The predicted molar refractivity (Wildman–Crippen MR) is 138 cm³/mol. The largest absolute Gasteiger partial charge is 0.463 e. The number of unbranched alkanes of at least 4 members (excludes halogenated alkanes) is 14. The van der Waals surface area contributed by atoms with Crippen molar-refractivity contribution in [1.82, 2.24) is 0 Å². The number of carbonyl (C=O) groups is 2. The molecule has 212 valence electrons. The van der Waals surface area contributed by atoms with Gasteiger partial charge in [0.2, 0.25) is 0 Å². The second kappa shape index (κ2) is 32.5. The third-order valence-corrected chi connectivity index (χ3v) is 5.05. The summed E-state index contributed by atoms with van der Waals surface area (Å²) in [6, 6.07) is -0.833. The highest BCUT2D eigenvalue weighted by Crippen LogP contribution is 2.13. The zero-order valence-corrected chi connectivity index (χ0v) is 21.9. The summed E-state index contributed by atoms with van der Waals surface area (Å²) >= 11 is 0. The molecule has 10 heteroatoms. The summed E-state index contributed by atoms with van der Waals surface area (Å²) in [5, 5.41) is 41.7. The number of esters is 1. The van der Waals surface area contributed by atoms with E-state index in [1.54, 1.807) is 0 Å². The Kier molecular flexibility index (Phi) is 35.4. The summed E-state index contributed by atoms with van der Waals surface area (Å²) in [4.78, 5) is 20.4. The lowest BCUT2D eigenvalue weighted by Crippen LogP contribution is -2.21. The Morgan fingerprint density at radius 1 is 0.629 bits per heavy atom. The summed E-state index contributed by atoms with van der Waals surface area (Å²) in [6.07, 6.45) is 18.1. The van der Waals surface area contributed by atoms with Crippen LogP contribution in [0.5, 0.6) is 0 Å². The molecule has 0 heterocycles. The van der Waals surface area contributed by atoms with Crippen molar-refractivity contribution in [2.75, 3.05) is 26.4 Å². The van der Waals surface area contributed by atoms with E-state index < -0.39 is 18.2 Å². The van der Waals surface area contributed by atoms with Gasteiger partial charge in [0.1, 0.15) is 18.8 Å². The molecule has 1 unspecified atom stereocenters. The molecular weight excluding hydrogens is 456 g/mol. The minimum atomic E-state index is -0.954. The number of nitrogens with two attached hydrogens (primary N) is 2. The number of rotatable bonds is 21. The number of amides is 2. The lowest BCUT2D eigenvalue weighted by Gasteiger charge is -2.08. The van der Waals surface area contributed by atoms with E-state index in [9.17, 15) is 4.79 Å². The maximum absolute atomic E-state index is 11.4. The maximum Gasteiger partial charge on any atom is 0.309 e. The van der Waals surface area contributed by atoms with Gasteiger partial charge < -0.3 is 41.7 Å². The number of urea groups is 1. The van der Waals surface area contributed by atoms with E-state index in [-0.39, 0.29) is 32.4 Å². The van der Waals surface area contributed by atoms with E-state index in [0.29, 0.717) is 6.42 Å². The smallest absolute Gasteiger partial charge is 0.309 e. The zero-order chi connectivity index (χ0) is 27.2. The molecule has 0 aromatic rings. The van der Waals surface area contributed by atoms with Gasteiger partial charge in [-0.2, -0.15) is 0 Å². The van der Waals surface area contributed by atoms with Crippen molar-refractivity contribution in [3.63, 3.8) is 0 Å². The number of aliphatic hydroxyl groups excluding tert-OH is 5. The fourth-order valence-corrected chi connectivity index (χ4v) is 3.01. The van der Waals surface area contributed by atoms with Crippen molar-refractivity contribution in [1.29, 1.82) is 0 Å². The molecule has 0 fully saturated rings. The van der Waals surface area contributed by atoms with E-state index in [4.69, 9.17) is 35.1 Å². The number of hydrogen-bond donors (Lipinski definition) is 7. The summed E-state index contributed by atoms with van der Waals surface area (Å²) in [5.41, 5.74) is 8.50. The minimum Gasteiger partial charge on any atom is -0.463 e. The molecule has 0 aliphatic heterocycles. The fourth-order valence-electron chi connectivity index (χ4n) is 3.01. The Labute approximate surface area is 212 Å². The molecule has 35 heavy (non-hydrogen) atoms. The van der Waals surface area contributed by atoms with Crippen LogP contribution in [-0.4, -0.2) is 76.2 Å². The first-order chi connectivity index (χ1) is 16.7. The van der Waals surface area contributed by atoms with Gasteiger partial charge in [-0.1, -0.05) is 96.8 Å². The van der Waals surface area contributed by atoms with Crippen molar-refractivity contribution >= 4 is 12.0 Å². The maximum atomic E-state index is 11.4. The zero-order valence-electron chi connectivity index (χ0n) is 21.9. The van der Waals surface area contributed by atoms with Gasteiger partial charge >= 0.3 is 12.0 Å². The van der Waals surface area contributed by atoms with Gasteiger partial charge in [-0.15, -0.1) is 0 Å². The normalized spacial score (nSPS) is 11.2. The van der Waals surface area contributed by atoms with E-state index in [1.807, 2.05) is 0 Å². The highest BCUT2D eigenvalue weighted by Gasteiger charge is 2.07. The van der Waals surface area contributed by atoms with Crippen LogP contribution in [0.3, 0.4) is 0 Å². The molecule has 0 aliphatic carbocycles. The lowest BCUT2D eigenvalue weighted by atomic mass is 10.0. The van der Waals surface area contributed by atoms with Crippen LogP contribution in [0.1, 0.15) is 110 Å². The molecule has 9 N–H and O–H groups in total. The average Bonchev–Trinajstić information content (AvgIpc) is 2.84. The first-order valence-electron chi connectivity index (χ1n) is 13.1. The minimum absolute atomic E-state index is 0.103. The van der Waals surface area contributed by atoms with Crippen LogP contribution >= 0.6 is 0 Å². The molecule has 1 atom stereocenters. The quantitative estimate of drug-likeness (QED) is 0.0902. The number of carbonyl (C=O) groups excluding carboxylic acids is 2. The fraction of sp³-hybridized carbons (Fsp3) is 0.920. The van der Waals surface area contributed by atoms with Crippen LogP contribution in [0.4, 0.5) is 4.79 Å². The van der Waals surface area contributed by atoms with Gasteiger partial charge in [0.15, 0.2) is 0 Å². The van der Waals surface area contributed by atoms with Crippen molar-refractivity contribution in [2.45, 2.75) is 122 Å². The van der Waals surface area contributed by atoms with Crippen LogP contribution in [0.25, 0.3) is 0 Å². The molecule has 0 bridgehead atoms. The van der Waals surface area contributed by atoms with Gasteiger partial charge in [-0.3, -0.25) is 4.79 Å². The van der Waals surface area contributed by atoms with Crippen molar-refractivity contribution in [2.24, 2.45) is 11.5 Å². The third-order valence-electron chi connectivity index (χ3n) is 5.05. The molecule has 0 aromatic heterocycles. The van der Waals surface area contributed by atoms with Gasteiger partial charge in [0.25, 0.3) is 0 Å². The van der Waals surface area contributed by atoms with E-state index >= 15 is 0 Å². The molecule has 0 aromatic carbocycles. The van der Waals surface area contributed by atoms with Crippen molar-refractivity contribution in [3.8, 4) is 0 Å². The van der Waals surface area contributed by atoms with Crippen molar-refractivity contribution < 1.29 is 39.9 Å². The number of primary amides is 2. The summed E-state index contributed by atoms with van der Waals surface area (Å²) in [5.74, 6) is -0.276. The first-order valence-corrected chi connectivity index (χ1v) is 13.1. The monoisotopic (exact) mass is 510 g/mol. The second-order valence-electron chi connectivity index (χ2n) is 8.64. The number of hydrogen-bond acceptors (Lipinski definition) is 8. The molecule has 0 spiro atoms. The molecular formula is C25H54N2O8. The van der Waals surface area contributed by atoms with E-state index in [1.165, 1.54) is 83.5 Å². The molecule has 0 rings (SSSR count). The van der Waals surface area contributed by atoms with Gasteiger partial charge in [0.05, 0.1) is 19.8 Å². The van der Waals surface area contributed by atoms with Crippen LogP contribution < -0.4 is 11.5 Å². The van der Waals surface area contributed by atoms with Crippen LogP contribution in [0, 0.1) is 0 Å². The summed E-state index contributed by atoms with van der Waals surface area (Å²) < 4.78 is 4.86. The lowest BCUT2D eigenvalue weighted by molar-refractivity contribution is -0.147. The predicted octanol–water partition coefficient (Wildman–Crippen LogP) is 2.50. The first kappa shape index (κ1) is 38.1. The topological polar surface area (TPSA) is 197 Å². The highest BCUT2D eigenvalue weighted by molar-refractivity contribution is 5.69. The molecule has 0 radical (unpaired) electrons. The van der Waals surface area contributed by atoms with Gasteiger partial charge in [-0.25, -0.2) is 4.79 Å². The average molecular weight is 511 g/mol. The van der Waals surface area contributed by atoms with Crippen LogP contribution in [0.15, 0.2) is 0 Å². The van der Waals surface area contributed by atoms with Crippen LogP contribution in [0.2, 0.25) is 0 Å². The van der Waals surface area contributed by atoms with Gasteiger partial charge in [0, 0.05) is 6.42 Å². The Bertz CT molecular complexity index is 434. The SMILES string of the molecule is CCCCCCCCCCCCCCCCCC(=O)OCC(O)CO.NC(N)=O.OCC(O)CO. The Morgan fingerprint density at radius 3 is 1.23 bits per heavy atom. The van der Waals surface area contributed by atoms with E-state index in [2.05, 4.69) is 18.4 Å². The third kappa shape index (κ3) is 43.1. The Morgan fingerprint density at radius 2 is 0.943 bits per heavy atom. The number of aliphatic hydroxyl groups is 5.